The Bertz CT molecular complexity index is 319. The molecule has 0 N–H and O–H groups in total. The van der Waals surface area contributed by atoms with E-state index in [4.69, 9.17) is 5.26 Å². The highest BCUT2D eigenvalue weighted by molar-refractivity contribution is 5.83. The first-order valence-electron chi connectivity index (χ1n) is 6.01. The molecule has 2 fully saturated rings. The molecule has 0 bridgehead atoms. The zero-order valence-corrected chi connectivity index (χ0v) is 10.0. The molecular formula is C12H19N3O. The molecule has 0 aromatic rings. The Labute approximate surface area is 96.8 Å². The van der Waals surface area contributed by atoms with Crippen LogP contribution in [0.1, 0.15) is 26.2 Å². The summed E-state index contributed by atoms with van der Waals surface area (Å²) in [6, 6.07) is 2.37. The lowest BCUT2D eigenvalue weighted by molar-refractivity contribution is -0.135. The Morgan fingerprint density at radius 3 is 2.69 bits per heavy atom. The minimum Gasteiger partial charge on any atom is -0.338 e. The quantitative estimate of drug-likeness (QED) is 0.694. The van der Waals surface area contributed by atoms with Gasteiger partial charge in [-0.05, 0) is 25.8 Å². The maximum absolute atomic E-state index is 12.3. The molecule has 16 heavy (non-hydrogen) atoms. The van der Waals surface area contributed by atoms with Crippen LogP contribution < -0.4 is 0 Å². The number of nitriles is 1. The molecule has 4 nitrogen and oxygen atoms in total. The van der Waals surface area contributed by atoms with E-state index in [-0.39, 0.29) is 11.9 Å². The molecule has 0 aromatic carbocycles. The van der Waals surface area contributed by atoms with E-state index in [1.807, 2.05) is 16.8 Å². The Kier molecular flexibility index (Phi) is 3.15. The largest absolute Gasteiger partial charge is 0.338 e. The first kappa shape index (κ1) is 11.4. The summed E-state index contributed by atoms with van der Waals surface area (Å²) in [7, 11) is 1.95. The Hall–Kier alpha value is -1.08. The fourth-order valence-electron chi connectivity index (χ4n) is 2.53. The summed E-state index contributed by atoms with van der Waals surface area (Å²) in [5.74, 6) is 0.661. The monoisotopic (exact) mass is 221 g/mol. The van der Waals surface area contributed by atoms with Gasteiger partial charge >= 0.3 is 0 Å². The Morgan fingerprint density at radius 2 is 2.12 bits per heavy atom. The van der Waals surface area contributed by atoms with Crippen LogP contribution in [0.25, 0.3) is 0 Å². The van der Waals surface area contributed by atoms with Crippen LogP contribution in [-0.4, -0.2) is 47.9 Å². The third-order valence-electron chi connectivity index (χ3n) is 3.48. The minimum absolute atomic E-state index is 0.163. The predicted molar refractivity (Wildman–Crippen MR) is 60.5 cm³/mol. The van der Waals surface area contributed by atoms with Crippen molar-refractivity contribution in [3.05, 3.63) is 0 Å². The smallest absolute Gasteiger partial charge is 0.241 e. The van der Waals surface area contributed by atoms with Crippen molar-refractivity contribution in [3.63, 3.8) is 0 Å². The molecule has 0 spiro atoms. The highest BCUT2D eigenvalue weighted by Gasteiger charge is 2.40. The van der Waals surface area contributed by atoms with E-state index < -0.39 is 0 Å². The summed E-state index contributed by atoms with van der Waals surface area (Å²) < 4.78 is 0. The van der Waals surface area contributed by atoms with Gasteiger partial charge in [0.05, 0.1) is 12.5 Å². The second-order valence-electron chi connectivity index (χ2n) is 5.14. The molecule has 2 rings (SSSR count). The van der Waals surface area contributed by atoms with E-state index in [0.717, 1.165) is 25.9 Å². The second-order valence-corrected chi connectivity index (χ2v) is 5.14. The van der Waals surface area contributed by atoms with E-state index >= 15 is 0 Å². The molecule has 0 radical (unpaired) electrons. The molecule has 1 saturated carbocycles. The molecule has 4 heteroatoms. The summed E-state index contributed by atoms with van der Waals surface area (Å²) in [6.07, 6.45) is 2.59. The van der Waals surface area contributed by atoms with Crippen LogP contribution in [0.5, 0.6) is 0 Å². The van der Waals surface area contributed by atoms with Crippen LogP contribution in [0.15, 0.2) is 0 Å². The number of amides is 1. The van der Waals surface area contributed by atoms with Gasteiger partial charge in [0.15, 0.2) is 0 Å². The molecular weight excluding hydrogens is 202 g/mol. The van der Waals surface area contributed by atoms with Crippen molar-refractivity contribution in [1.29, 1.82) is 5.26 Å². The fraction of sp³-hybridized carbons (Fsp3) is 0.833. The molecule has 88 valence electrons. The lowest BCUT2D eigenvalue weighted by Gasteiger charge is -2.26. The lowest BCUT2D eigenvalue weighted by Crippen LogP contribution is -2.45. The number of likely N-dealkylation sites (N-methyl/N-ethyl adjacent to an activating group) is 1. The number of nitrogens with zero attached hydrogens (tertiary/aromatic N) is 3. The van der Waals surface area contributed by atoms with E-state index in [1.54, 1.807) is 0 Å². The van der Waals surface area contributed by atoms with Gasteiger partial charge in [0, 0.05) is 19.1 Å². The number of carbonyl (C=O) groups is 1. The Balaban J connectivity index is 2.16. The third kappa shape index (κ3) is 2.19. The van der Waals surface area contributed by atoms with Gasteiger partial charge in [-0.3, -0.25) is 9.69 Å². The first-order valence-corrected chi connectivity index (χ1v) is 6.01. The molecule has 1 saturated heterocycles. The molecule has 1 aliphatic heterocycles. The zero-order valence-electron chi connectivity index (χ0n) is 10.0. The molecule has 2 unspecified atom stereocenters. The second kappa shape index (κ2) is 4.42. The van der Waals surface area contributed by atoms with Crippen molar-refractivity contribution in [3.8, 4) is 6.07 Å². The van der Waals surface area contributed by atoms with Crippen LogP contribution in [0.4, 0.5) is 0 Å². The van der Waals surface area contributed by atoms with Crippen molar-refractivity contribution in [2.75, 3.05) is 20.1 Å². The lowest BCUT2D eigenvalue weighted by atomic mass is 10.1. The van der Waals surface area contributed by atoms with Gasteiger partial charge in [-0.1, -0.05) is 6.92 Å². The first-order chi connectivity index (χ1) is 7.63. The Morgan fingerprint density at radius 1 is 1.44 bits per heavy atom. The van der Waals surface area contributed by atoms with Gasteiger partial charge in [0.1, 0.15) is 6.04 Å². The van der Waals surface area contributed by atoms with Gasteiger partial charge in [-0.2, -0.15) is 5.26 Å². The number of rotatable bonds is 2. The molecule has 2 atom stereocenters. The van der Waals surface area contributed by atoms with E-state index in [2.05, 4.69) is 13.0 Å². The number of carbonyl (C=O) groups excluding carboxylic acids is 1. The van der Waals surface area contributed by atoms with E-state index in [0.29, 0.717) is 18.4 Å². The average molecular weight is 221 g/mol. The summed E-state index contributed by atoms with van der Waals surface area (Å²) in [5, 5.41) is 8.80. The topological polar surface area (TPSA) is 47.3 Å². The van der Waals surface area contributed by atoms with E-state index in [1.165, 1.54) is 0 Å². The molecule has 1 heterocycles. The fourth-order valence-corrected chi connectivity index (χ4v) is 2.53. The summed E-state index contributed by atoms with van der Waals surface area (Å²) in [5.41, 5.74) is 0. The minimum atomic E-state index is -0.226. The standard InChI is InChI=1S/C12H19N3O/c1-9-7-14(2)11(5-6-13)12(16)15(8-9)10-3-4-10/h9-11H,3-5,7-8H2,1-2H3. The van der Waals surface area contributed by atoms with Crippen molar-refractivity contribution >= 4 is 5.91 Å². The molecule has 1 aliphatic carbocycles. The maximum atomic E-state index is 12.3. The van der Waals surface area contributed by atoms with Crippen LogP contribution in [0.2, 0.25) is 0 Å². The van der Waals surface area contributed by atoms with Crippen molar-refractivity contribution < 1.29 is 4.79 Å². The summed E-state index contributed by atoms with van der Waals surface area (Å²) in [6.45, 7) is 3.94. The van der Waals surface area contributed by atoms with Gasteiger partial charge in [-0.25, -0.2) is 0 Å². The van der Waals surface area contributed by atoms with Gasteiger partial charge in [0.2, 0.25) is 5.91 Å². The predicted octanol–water partition coefficient (Wildman–Crippen LogP) is 0.841. The number of hydrogen-bond donors (Lipinski definition) is 0. The zero-order chi connectivity index (χ0) is 11.7. The SMILES string of the molecule is CC1CN(C)C(CC#N)C(=O)N(C2CC2)C1. The van der Waals surface area contributed by atoms with E-state index in [9.17, 15) is 4.79 Å². The van der Waals surface area contributed by atoms with Gasteiger partial charge < -0.3 is 4.90 Å². The van der Waals surface area contributed by atoms with Crippen molar-refractivity contribution in [2.45, 2.75) is 38.3 Å². The molecule has 2 aliphatic rings. The third-order valence-corrected chi connectivity index (χ3v) is 3.48. The normalized spacial score (nSPS) is 32.3. The molecule has 1 amide bonds. The van der Waals surface area contributed by atoms with Gasteiger partial charge in [-0.15, -0.1) is 0 Å². The maximum Gasteiger partial charge on any atom is 0.241 e. The van der Waals surface area contributed by atoms with Crippen LogP contribution >= 0.6 is 0 Å². The van der Waals surface area contributed by atoms with Crippen LogP contribution in [0, 0.1) is 17.2 Å². The van der Waals surface area contributed by atoms with Gasteiger partial charge in [0.25, 0.3) is 0 Å². The molecule has 0 aromatic heterocycles. The number of hydrogen-bond acceptors (Lipinski definition) is 3. The van der Waals surface area contributed by atoms with Crippen molar-refractivity contribution in [2.24, 2.45) is 5.92 Å². The van der Waals surface area contributed by atoms with Crippen LogP contribution in [0.3, 0.4) is 0 Å². The average Bonchev–Trinajstić information content (AvgIpc) is 3.04. The van der Waals surface area contributed by atoms with Crippen molar-refractivity contribution in [1.82, 2.24) is 9.80 Å². The summed E-state index contributed by atoms with van der Waals surface area (Å²) >= 11 is 0. The highest BCUT2D eigenvalue weighted by Crippen LogP contribution is 2.30. The van der Waals surface area contributed by atoms with Crippen LogP contribution in [-0.2, 0) is 4.79 Å². The highest BCUT2D eigenvalue weighted by atomic mass is 16.2. The summed E-state index contributed by atoms with van der Waals surface area (Å²) in [4.78, 5) is 16.4.